The molecule has 1 aliphatic carbocycles. The van der Waals surface area contributed by atoms with Crippen LogP contribution >= 0.6 is 0 Å². The maximum absolute atomic E-state index is 10.9. The van der Waals surface area contributed by atoms with E-state index in [1.807, 2.05) is 38.1 Å². The lowest BCUT2D eigenvalue weighted by molar-refractivity contribution is -0.137. The van der Waals surface area contributed by atoms with Gasteiger partial charge in [0.05, 0.1) is 12.5 Å². The van der Waals surface area contributed by atoms with Gasteiger partial charge in [0.15, 0.2) is 0 Å². The quantitative estimate of drug-likeness (QED) is 0.838. The Morgan fingerprint density at radius 2 is 2.17 bits per heavy atom. The second-order valence-electron chi connectivity index (χ2n) is 5.28. The summed E-state index contributed by atoms with van der Waals surface area (Å²) < 4.78 is 5.66. The molecule has 0 spiro atoms. The summed E-state index contributed by atoms with van der Waals surface area (Å²) in [5.41, 5.74) is 1.10. The van der Waals surface area contributed by atoms with E-state index >= 15 is 0 Å². The number of carboxylic acids is 1. The van der Waals surface area contributed by atoms with Crippen LogP contribution in [0.1, 0.15) is 44.6 Å². The van der Waals surface area contributed by atoms with Crippen LogP contribution in [0.5, 0.6) is 5.75 Å². The molecule has 3 heteroatoms. The van der Waals surface area contributed by atoms with Crippen molar-refractivity contribution in [2.75, 3.05) is 0 Å². The standard InChI is InChI=1S/C15H20O3/c1-10(2)18-13-5-3-4-12(8-13)14(9-15(16)17)11-6-7-11/h3-5,8,10-11,14H,6-7,9H2,1-2H3,(H,16,17). The summed E-state index contributed by atoms with van der Waals surface area (Å²) in [5, 5.41) is 9.01. The predicted octanol–water partition coefficient (Wildman–Crippen LogP) is 3.44. The third-order valence-electron chi connectivity index (χ3n) is 3.24. The van der Waals surface area contributed by atoms with Crippen molar-refractivity contribution in [3.63, 3.8) is 0 Å². The maximum atomic E-state index is 10.9. The molecule has 2 rings (SSSR count). The van der Waals surface area contributed by atoms with Gasteiger partial charge in [0, 0.05) is 0 Å². The minimum atomic E-state index is -0.720. The van der Waals surface area contributed by atoms with Crippen LogP contribution in [0.25, 0.3) is 0 Å². The molecule has 1 aliphatic rings. The first-order valence-electron chi connectivity index (χ1n) is 6.54. The Morgan fingerprint density at radius 1 is 1.44 bits per heavy atom. The average molecular weight is 248 g/mol. The van der Waals surface area contributed by atoms with Crippen molar-refractivity contribution >= 4 is 5.97 Å². The molecule has 1 unspecified atom stereocenters. The highest BCUT2D eigenvalue weighted by molar-refractivity contribution is 5.68. The van der Waals surface area contributed by atoms with Gasteiger partial charge in [-0.3, -0.25) is 4.79 Å². The van der Waals surface area contributed by atoms with Gasteiger partial charge >= 0.3 is 5.97 Å². The van der Waals surface area contributed by atoms with E-state index in [0.29, 0.717) is 5.92 Å². The van der Waals surface area contributed by atoms with E-state index in [9.17, 15) is 4.79 Å². The molecule has 1 aromatic rings. The molecule has 0 saturated heterocycles. The van der Waals surface area contributed by atoms with Crippen molar-refractivity contribution in [1.29, 1.82) is 0 Å². The molecule has 18 heavy (non-hydrogen) atoms. The smallest absolute Gasteiger partial charge is 0.303 e. The number of carboxylic acid groups (broad SMARTS) is 1. The maximum Gasteiger partial charge on any atom is 0.303 e. The second kappa shape index (κ2) is 5.42. The molecule has 0 radical (unpaired) electrons. The van der Waals surface area contributed by atoms with Gasteiger partial charge in [-0.2, -0.15) is 0 Å². The van der Waals surface area contributed by atoms with Crippen LogP contribution in [-0.4, -0.2) is 17.2 Å². The van der Waals surface area contributed by atoms with E-state index in [1.165, 1.54) is 0 Å². The van der Waals surface area contributed by atoms with Gasteiger partial charge in [-0.1, -0.05) is 12.1 Å². The Kier molecular flexibility index (Phi) is 3.90. The number of rotatable bonds is 6. The minimum absolute atomic E-state index is 0.137. The molecule has 1 N–H and O–H groups in total. The highest BCUT2D eigenvalue weighted by atomic mass is 16.5. The largest absolute Gasteiger partial charge is 0.491 e. The van der Waals surface area contributed by atoms with Gasteiger partial charge in [0.25, 0.3) is 0 Å². The van der Waals surface area contributed by atoms with Gasteiger partial charge in [-0.15, -0.1) is 0 Å². The van der Waals surface area contributed by atoms with E-state index in [2.05, 4.69) is 0 Å². The highest BCUT2D eigenvalue weighted by Gasteiger charge is 2.33. The normalized spacial score (nSPS) is 16.6. The third-order valence-corrected chi connectivity index (χ3v) is 3.24. The zero-order valence-corrected chi connectivity index (χ0v) is 10.9. The first-order chi connectivity index (χ1) is 8.56. The molecule has 0 heterocycles. The van der Waals surface area contributed by atoms with Crippen molar-refractivity contribution in [2.24, 2.45) is 5.92 Å². The monoisotopic (exact) mass is 248 g/mol. The molecule has 1 atom stereocenters. The molecular weight excluding hydrogens is 228 g/mol. The van der Waals surface area contributed by atoms with E-state index in [0.717, 1.165) is 24.2 Å². The first kappa shape index (κ1) is 12.9. The number of hydrogen-bond donors (Lipinski definition) is 1. The Labute approximate surface area is 108 Å². The fourth-order valence-electron chi connectivity index (χ4n) is 2.33. The summed E-state index contributed by atoms with van der Waals surface area (Å²) >= 11 is 0. The van der Waals surface area contributed by atoms with Gasteiger partial charge < -0.3 is 9.84 Å². The van der Waals surface area contributed by atoms with Gasteiger partial charge in [-0.25, -0.2) is 0 Å². The summed E-state index contributed by atoms with van der Waals surface area (Å²) in [4.78, 5) is 10.9. The Balaban J connectivity index is 2.16. The highest BCUT2D eigenvalue weighted by Crippen LogP contribution is 2.45. The summed E-state index contributed by atoms with van der Waals surface area (Å²) in [5.74, 6) is 0.786. The second-order valence-corrected chi connectivity index (χ2v) is 5.28. The number of carbonyl (C=O) groups is 1. The summed E-state index contributed by atoms with van der Waals surface area (Å²) in [6, 6.07) is 7.88. The van der Waals surface area contributed by atoms with Gasteiger partial charge in [-0.05, 0) is 56.2 Å². The van der Waals surface area contributed by atoms with Crippen LogP contribution in [0.15, 0.2) is 24.3 Å². The van der Waals surface area contributed by atoms with Crippen LogP contribution in [0, 0.1) is 5.92 Å². The molecule has 0 amide bonds. The fraction of sp³-hybridized carbons (Fsp3) is 0.533. The molecule has 0 aromatic heterocycles. The van der Waals surface area contributed by atoms with Crippen LogP contribution in [0.3, 0.4) is 0 Å². The summed E-state index contributed by atoms with van der Waals surface area (Å²) in [6.07, 6.45) is 2.65. The lowest BCUT2D eigenvalue weighted by atomic mass is 9.91. The predicted molar refractivity (Wildman–Crippen MR) is 69.9 cm³/mol. The number of benzene rings is 1. The molecule has 1 aromatic carbocycles. The Hall–Kier alpha value is -1.51. The SMILES string of the molecule is CC(C)Oc1cccc(C(CC(=O)O)C2CC2)c1. The molecule has 1 fully saturated rings. The van der Waals surface area contributed by atoms with Crippen molar-refractivity contribution in [1.82, 2.24) is 0 Å². The van der Waals surface area contributed by atoms with E-state index in [4.69, 9.17) is 9.84 Å². The van der Waals surface area contributed by atoms with E-state index in [1.54, 1.807) is 0 Å². The molecule has 0 bridgehead atoms. The molecular formula is C15H20O3. The number of ether oxygens (including phenoxy) is 1. The Bertz CT molecular complexity index is 422. The lowest BCUT2D eigenvalue weighted by Crippen LogP contribution is -2.10. The average Bonchev–Trinajstić information content (AvgIpc) is 3.09. The Morgan fingerprint density at radius 3 is 2.72 bits per heavy atom. The van der Waals surface area contributed by atoms with Gasteiger partial charge in [0.2, 0.25) is 0 Å². The van der Waals surface area contributed by atoms with Crippen LogP contribution in [-0.2, 0) is 4.79 Å². The van der Waals surface area contributed by atoms with Gasteiger partial charge in [0.1, 0.15) is 5.75 Å². The van der Waals surface area contributed by atoms with Crippen molar-refractivity contribution in [3.05, 3.63) is 29.8 Å². The number of aliphatic carboxylic acids is 1. The number of hydrogen-bond acceptors (Lipinski definition) is 2. The van der Waals surface area contributed by atoms with Crippen LogP contribution in [0.4, 0.5) is 0 Å². The minimum Gasteiger partial charge on any atom is -0.491 e. The summed E-state index contributed by atoms with van der Waals surface area (Å²) in [7, 11) is 0. The zero-order valence-electron chi connectivity index (χ0n) is 10.9. The van der Waals surface area contributed by atoms with Crippen molar-refractivity contribution in [3.8, 4) is 5.75 Å². The molecule has 98 valence electrons. The fourth-order valence-corrected chi connectivity index (χ4v) is 2.33. The van der Waals surface area contributed by atoms with Crippen LogP contribution in [0.2, 0.25) is 0 Å². The molecule has 3 nitrogen and oxygen atoms in total. The van der Waals surface area contributed by atoms with Crippen LogP contribution < -0.4 is 4.74 Å². The zero-order chi connectivity index (χ0) is 13.1. The first-order valence-corrected chi connectivity index (χ1v) is 6.54. The van der Waals surface area contributed by atoms with E-state index < -0.39 is 5.97 Å². The van der Waals surface area contributed by atoms with Crippen molar-refractivity contribution in [2.45, 2.75) is 45.1 Å². The van der Waals surface area contributed by atoms with E-state index in [-0.39, 0.29) is 18.4 Å². The third kappa shape index (κ3) is 3.49. The summed E-state index contributed by atoms with van der Waals surface area (Å²) in [6.45, 7) is 3.98. The molecule has 1 saturated carbocycles. The topological polar surface area (TPSA) is 46.5 Å². The van der Waals surface area contributed by atoms with Crippen molar-refractivity contribution < 1.29 is 14.6 Å². The molecule has 0 aliphatic heterocycles. The lowest BCUT2D eigenvalue weighted by Gasteiger charge is -2.16.